The average molecular weight is 837 g/mol. The number of amides is 2. The molecule has 3 aliphatic rings. The van der Waals surface area contributed by atoms with Gasteiger partial charge in [-0.3, -0.25) is 28.8 Å². The lowest BCUT2D eigenvalue weighted by atomic mass is 9.97. The van der Waals surface area contributed by atoms with Crippen molar-refractivity contribution >= 4 is 11.8 Å². The summed E-state index contributed by atoms with van der Waals surface area (Å²) in [5.74, 6) is -1.07. The smallest absolute Gasteiger partial charge is 0.330 e. The highest BCUT2D eigenvalue weighted by Crippen LogP contribution is 2.36. The van der Waals surface area contributed by atoms with Crippen LogP contribution in [0.5, 0.6) is 0 Å². The first-order valence-corrected chi connectivity index (χ1v) is 22.1. The minimum atomic E-state index is -1.75. The Hall–Kier alpha value is -3.00. The number of carbonyl (C=O) groups excluding carboxylic acids is 2. The first-order valence-electron chi connectivity index (χ1n) is 22.1. The van der Waals surface area contributed by atoms with E-state index in [9.17, 15) is 39.6 Å². The number of aliphatic hydroxyl groups is 4. The van der Waals surface area contributed by atoms with Gasteiger partial charge in [0.2, 0.25) is 5.91 Å². The van der Waals surface area contributed by atoms with Crippen LogP contribution in [0.2, 0.25) is 0 Å². The summed E-state index contributed by atoms with van der Waals surface area (Å²) in [6.45, 7) is 2.61. The number of aromatic amines is 1. The molecule has 4 heterocycles. The quantitative estimate of drug-likeness (QED) is 0.0660. The number of H-pyrrole nitrogens is 1. The average Bonchev–Trinajstić information content (AvgIpc) is 3.62. The molecule has 0 unspecified atom stereocenters. The zero-order valence-corrected chi connectivity index (χ0v) is 35.4. The fourth-order valence-electron chi connectivity index (χ4n) is 8.26. The van der Waals surface area contributed by atoms with Gasteiger partial charge in [0.25, 0.3) is 11.5 Å². The van der Waals surface area contributed by atoms with Crippen LogP contribution in [0.1, 0.15) is 129 Å². The van der Waals surface area contributed by atoms with E-state index in [2.05, 4.69) is 17.2 Å². The van der Waals surface area contributed by atoms with Crippen molar-refractivity contribution in [2.45, 2.75) is 184 Å². The van der Waals surface area contributed by atoms with Crippen molar-refractivity contribution < 1.29 is 44.2 Å². The molecule has 1 aromatic rings. The number of rotatable bonds is 26. The Kier molecular flexibility index (Phi) is 20.7. The van der Waals surface area contributed by atoms with Crippen LogP contribution in [0.25, 0.3) is 0 Å². The van der Waals surface area contributed by atoms with Crippen LogP contribution in [-0.4, -0.2) is 140 Å². The van der Waals surface area contributed by atoms with Gasteiger partial charge in [0.05, 0.1) is 0 Å². The van der Waals surface area contributed by atoms with E-state index in [0.29, 0.717) is 6.54 Å². The van der Waals surface area contributed by atoms with E-state index in [1.165, 1.54) is 108 Å². The van der Waals surface area contributed by atoms with Gasteiger partial charge < -0.3 is 50.6 Å². The summed E-state index contributed by atoms with van der Waals surface area (Å²) in [4.78, 5) is 56.9. The van der Waals surface area contributed by atoms with Gasteiger partial charge in [0, 0.05) is 38.9 Å². The molecule has 0 aromatic carbocycles. The number of aromatic nitrogens is 2. The number of aliphatic hydroxyl groups excluding tert-OH is 4. The van der Waals surface area contributed by atoms with Gasteiger partial charge in [-0.15, -0.1) is 0 Å². The highest BCUT2D eigenvalue weighted by atomic mass is 16.7. The number of unbranched alkanes of at least 4 members (excludes halogenated alkanes) is 17. The maximum Gasteiger partial charge on any atom is 0.330 e. The summed E-state index contributed by atoms with van der Waals surface area (Å²) in [7, 11) is 3.03. The number of ether oxygens (including phenoxy) is 3. The van der Waals surface area contributed by atoms with Gasteiger partial charge in [0.15, 0.2) is 12.5 Å². The molecule has 3 aliphatic heterocycles. The third-order valence-electron chi connectivity index (χ3n) is 11.9. The summed E-state index contributed by atoms with van der Waals surface area (Å²) in [6.07, 6.45) is 11.9. The second-order valence-electron chi connectivity index (χ2n) is 16.5. The first-order chi connectivity index (χ1) is 28.4. The van der Waals surface area contributed by atoms with E-state index in [-0.39, 0.29) is 18.8 Å². The van der Waals surface area contributed by atoms with Crippen LogP contribution < -0.4 is 22.3 Å². The number of hydrogen-bond acceptors (Lipinski definition) is 13. The van der Waals surface area contributed by atoms with Gasteiger partial charge in [-0.2, -0.15) is 0 Å². The highest BCUT2D eigenvalue weighted by molar-refractivity contribution is 5.99. The van der Waals surface area contributed by atoms with Crippen molar-refractivity contribution in [3.05, 3.63) is 44.9 Å². The molecule has 0 aliphatic carbocycles. The monoisotopic (exact) mass is 837 g/mol. The van der Waals surface area contributed by atoms with Gasteiger partial charge in [0.1, 0.15) is 54.5 Å². The van der Waals surface area contributed by atoms with Crippen molar-refractivity contribution in [2.24, 2.45) is 5.73 Å². The lowest BCUT2D eigenvalue weighted by Gasteiger charge is -2.38. The summed E-state index contributed by atoms with van der Waals surface area (Å²) < 4.78 is 18.8. The molecule has 10 atom stereocenters. The Morgan fingerprint density at radius 2 is 1.39 bits per heavy atom. The van der Waals surface area contributed by atoms with Gasteiger partial charge in [-0.1, -0.05) is 116 Å². The van der Waals surface area contributed by atoms with Crippen molar-refractivity contribution in [3.8, 4) is 0 Å². The van der Waals surface area contributed by atoms with Crippen LogP contribution >= 0.6 is 0 Å². The molecular weight excluding hydrogens is 764 g/mol. The van der Waals surface area contributed by atoms with Crippen molar-refractivity contribution in [2.75, 3.05) is 33.7 Å². The number of hydrogen-bond donors (Lipinski definition) is 7. The maximum atomic E-state index is 14.3. The Morgan fingerprint density at radius 1 is 0.831 bits per heavy atom. The molecule has 17 heteroatoms. The molecule has 336 valence electrons. The fraction of sp³-hybridized carbons (Fsp3) is 0.810. The van der Waals surface area contributed by atoms with E-state index >= 15 is 0 Å². The Labute approximate surface area is 348 Å². The molecule has 1 aromatic heterocycles. The molecule has 59 heavy (non-hydrogen) atoms. The maximum absolute atomic E-state index is 14.3. The second-order valence-corrected chi connectivity index (χ2v) is 16.5. The SMILES string of the molecule is CCCCCCCCCCCCCCCCCCCCNC(=O)C1=CCN(C)[C@@H]([C@H](O[C@@H]2O[C@H](CN)[C@@H](O)[C@H]2O)[C@H]2O[C@@H](n3ccc(=O)[nH]c3=O)[C@H](O)[C@@H]2O)C(=O)N1C. The van der Waals surface area contributed by atoms with Crippen LogP contribution in [0, 0.1) is 0 Å². The molecule has 2 fully saturated rings. The molecular formula is C42H72N6O11. The lowest BCUT2D eigenvalue weighted by Crippen LogP contribution is -2.59. The molecule has 0 spiro atoms. The van der Waals surface area contributed by atoms with Gasteiger partial charge in [-0.05, 0) is 19.5 Å². The van der Waals surface area contributed by atoms with E-state index in [0.717, 1.165) is 36.1 Å². The molecule has 17 nitrogen and oxygen atoms in total. The van der Waals surface area contributed by atoms with Crippen molar-refractivity contribution in [1.29, 1.82) is 0 Å². The van der Waals surface area contributed by atoms with E-state index < -0.39 is 84.4 Å². The zero-order chi connectivity index (χ0) is 42.9. The summed E-state index contributed by atoms with van der Waals surface area (Å²) in [6, 6.07) is -0.265. The fourth-order valence-corrected chi connectivity index (χ4v) is 8.26. The molecule has 2 saturated heterocycles. The third kappa shape index (κ3) is 13.8. The third-order valence-corrected chi connectivity index (χ3v) is 11.9. The van der Waals surface area contributed by atoms with Crippen LogP contribution in [-0.2, 0) is 23.8 Å². The van der Waals surface area contributed by atoms with Crippen LogP contribution in [0.4, 0.5) is 0 Å². The summed E-state index contributed by atoms with van der Waals surface area (Å²) in [5.41, 5.74) is 4.21. The summed E-state index contributed by atoms with van der Waals surface area (Å²) >= 11 is 0. The number of nitrogens with zero attached hydrogens (tertiary/aromatic N) is 3. The highest BCUT2D eigenvalue weighted by Gasteiger charge is 2.55. The minimum absolute atomic E-state index is 0.0683. The lowest BCUT2D eigenvalue weighted by molar-refractivity contribution is -0.232. The van der Waals surface area contributed by atoms with E-state index in [4.69, 9.17) is 19.9 Å². The normalized spacial score (nSPS) is 28.2. The standard InChI is InChI=1S/C42H72N6O11/c1-4-5-6-7-8-9-10-11-12-13-14-15-16-17-18-19-20-21-24-44-38(54)28-22-25-46(2)31(39(55)47(28)3)36(59-41-35(53)32(50)29(27-43)57-41)37-33(51)34(52)40(58-37)48-26-23-30(49)45-42(48)56/h22-23,26,29,31-37,40-41,50-53H,4-21,24-25,27,43H2,1-3H3,(H,44,54)(H,45,49,56)/t29-,31+,32-,33+,34-,35-,36+,37+,40-,41+/m1/s1. The molecule has 8 N–H and O–H groups in total. The van der Waals surface area contributed by atoms with Crippen LogP contribution in [0.15, 0.2) is 33.6 Å². The molecule has 0 radical (unpaired) electrons. The Morgan fingerprint density at radius 3 is 1.92 bits per heavy atom. The molecule has 0 saturated carbocycles. The van der Waals surface area contributed by atoms with E-state index in [1.54, 1.807) is 18.0 Å². The predicted molar refractivity (Wildman–Crippen MR) is 221 cm³/mol. The zero-order valence-electron chi connectivity index (χ0n) is 35.4. The minimum Gasteiger partial charge on any atom is -0.387 e. The topological polar surface area (TPSA) is 242 Å². The number of nitrogens with two attached hydrogens (primary N) is 1. The van der Waals surface area contributed by atoms with Crippen molar-refractivity contribution in [1.82, 2.24) is 24.7 Å². The Balaban J connectivity index is 1.26. The van der Waals surface area contributed by atoms with Crippen LogP contribution in [0.3, 0.4) is 0 Å². The van der Waals surface area contributed by atoms with E-state index in [1.807, 2.05) is 0 Å². The van der Waals surface area contributed by atoms with Gasteiger partial charge in [-0.25, -0.2) is 4.79 Å². The molecule has 2 amide bonds. The van der Waals surface area contributed by atoms with Gasteiger partial charge >= 0.3 is 5.69 Å². The first kappa shape index (κ1) is 48.7. The number of carbonyl (C=O) groups is 2. The van der Waals surface area contributed by atoms with Crippen molar-refractivity contribution in [3.63, 3.8) is 0 Å². The Bertz CT molecular complexity index is 1570. The molecule has 4 rings (SSSR count). The number of likely N-dealkylation sites (N-methyl/N-ethyl adjacent to an activating group) is 2. The second kappa shape index (κ2) is 25.1. The number of nitrogens with one attached hydrogen (secondary N) is 2. The summed E-state index contributed by atoms with van der Waals surface area (Å²) in [5, 5.41) is 46.6. The molecule has 0 bridgehead atoms. The predicted octanol–water partition coefficient (Wildman–Crippen LogP) is 1.76. The largest absolute Gasteiger partial charge is 0.387 e.